The highest BCUT2D eigenvalue weighted by atomic mass is 16.5. The van der Waals surface area contributed by atoms with Crippen LogP contribution >= 0.6 is 0 Å². The van der Waals surface area contributed by atoms with Gasteiger partial charge in [0.15, 0.2) is 11.7 Å². The Kier molecular flexibility index (Phi) is 8.43. The standard InChI is InChI=1S/C15H26N8O/c1-5-7-18-12(19-8-6-9-24-4)11(10-16)13-20-14(17)22-15(21-13)23(2)3/h11H,5-9H2,1-4H3,(H,18,19)(H2,17,20,21,22). The fourth-order valence-corrected chi connectivity index (χ4v) is 1.88. The second kappa shape index (κ2) is 10.3. The zero-order chi connectivity index (χ0) is 17.9. The monoisotopic (exact) mass is 334 g/mol. The van der Waals surface area contributed by atoms with E-state index in [1.54, 1.807) is 26.1 Å². The normalized spacial score (nSPS) is 12.5. The number of nitrogens with two attached hydrogens (primary N) is 1. The first-order chi connectivity index (χ1) is 11.5. The fourth-order valence-electron chi connectivity index (χ4n) is 1.88. The Balaban J connectivity index is 3.06. The molecule has 0 radical (unpaired) electrons. The molecule has 1 atom stereocenters. The molecule has 0 aliphatic rings. The van der Waals surface area contributed by atoms with Crippen LogP contribution in [-0.4, -0.2) is 61.7 Å². The van der Waals surface area contributed by atoms with Gasteiger partial charge in [-0.25, -0.2) is 0 Å². The van der Waals surface area contributed by atoms with E-state index in [2.05, 4.69) is 31.3 Å². The van der Waals surface area contributed by atoms with Gasteiger partial charge in [0, 0.05) is 40.9 Å². The third kappa shape index (κ3) is 5.96. The lowest BCUT2D eigenvalue weighted by Crippen LogP contribution is -2.32. The van der Waals surface area contributed by atoms with Gasteiger partial charge in [-0.05, 0) is 12.8 Å². The van der Waals surface area contributed by atoms with E-state index in [0.29, 0.717) is 37.3 Å². The summed E-state index contributed by atoms with van der Waals surface area (Å²) in [5.41, 5.74) is 5.75. The van der Waals surface area contributed by atoms with Gasteiger partial charge in [-0.1, -0.05) is 6.92 Å². The van der Waals surface area contributed by atoms with Crippen LogP contribution in [-0.2, 0) is 4.74 Å². The van der Waals surface area contributed by atoms with E-state index in [-0.39, 0.29) is 5.95 Å². The summed E-state index contributed by atoms with van der Waals surface area (Å²) < 4.78 is 5.03. The highest BCUT2D eigenvalue weighted by Gasteiger charge is 2.23. The lowest BCUT2D eigenvalue weighted by molar-refractivity contribution is 0.195. The van der Waals surface area contributed by atoms with Crippen molar-refractivity contribution in [2.75, 3.05) is 51.5 Å². The van der Waals surface area contributed by atoms with Crippen molar-refractivity contribution in [3.05, 3.63) is 5.82 Å². The number of ether oxygens (including phenoxy) is 1. The van der Waals surface area contributed by atoms with E-state index < -0.39 is 5.92 Å². The van der Waals surface area contributed by atoms with Gasteiger partial charge in [0.05, 0.1) is 6.07 Å². The second-order valence-corrected chi connectivity index (χ2v) is 5.35. The minimum absolute atomic E-state index is 0.0816. The quantitative estimate of drug-likeness (QED) is 0.381. The topological polar surface area (TPSA) is 125 Å². The van der Waals surface area contributed by atoms with E-state index in [1.165, 1.54) is 0 Å². The van der Waals surface area contributed by atoms with Crippen molar-refractivity contribution < 1.29 is 4.74 Å². The van der Waals surface area contributed by atoms with E-state index in [9.17, 15) is 5.26 Å². The summed E-state index contributed by atoms with van der Waals surface area (Å²) in [6.07, 6.45) is 1.69. The van der Waals surface area contributed by atoms with Gasteiger partial charge in [0.1, 0.15) is 5.84 Å². The SMILES string of the molecule is CCCN=C(NCCCOC)C(C#N)c1nc(N)nc(N(C)C)n1. The maximum absolute atomic E-state index is 9.62. The Hall–Kier alpha value is -2.47. The maximum atomic E-state index is 9.62. The molecule has 1 rings (SSSR count). The average molecular weight is 334 g/mol. The first-order valence-electron chi connectivity index (χ1n) is 7.89. The molecule has 1 aromatic heterocycles. The van der Waals surface area contributed by atoms with Crippen molar-refractivity contribution in [2.24, 2.45) is 4.99 Å². The molecular weight excluding hydrogens is 308 g/mol. The van der Waals surface area contributed by atoms with Crippen LogP contribution in [0.1, 0.15) is 31.5 Å². The first-order valence-corrected chi connectivity index (χ1v) is 7.89. The van der Waals surface area contributed by atoms with Crippen LogP contribution in [0.3, 0.4) is 0 Å². The molecule has 0 aromatic carbocycles. The molecule has 0 bridgehead atoms. The van der Waals surface area contributed by atoms with Gasteiger partial charge < -0.3 is 20.7 Å². The number of aromatic nitrogens is 3. The van der Waals surface area contributed by atoms with E-state index in [0.717, 1.165) is 12.8 Å². The molecule has 0 aliphatic heterocycles. The number of amidine groups is 1. The molecular formula is C15H26N8O. The summed E-state index contributed by atoms with van der Waals surface area (Å²) in [6, 6.07) is 2.21. The molecule has 0 saturated heterocycles. The summed E-state index contributed by atoms with van der Waals surface area (Å²) in [5.74, 6) is 0.613. The number of anilines is 2. The molecule has 1 aromatic rings. The van der Waals surface area contributed by atoms with Crippen molar-refractivity contribution in [1.29, 1.82) is 5.26 Å². The van der Waals surface area contributed by atoms with Gasteiger partial charge in [-0.15, -0.1) is 0 Å². The third-order valence-electron chi connectivity index (χ3n) is 3.06. The largest absolute Gasteiger partial charge is 0.385 e. The molecule has 1 unspecified atom stereocenters. The molecule has 9 nitrogen and oxygen atoms in total. The van der Waals surface area contributed by atoms with Crippen LogP contribution < -0.4 is 16.0 Å². The molecule has 0 amide bonds. The molecule has 0 saturated carbocycles. The summed E-state index contributed by atoms with van der Waals surface area (Å²) in [5, 5.41) is 12.8. The highest BCUT2D eigenvalue weighted by molar-refractivity contribution is 5.90. The first kappa shape index (κ1) is 19.6. The number of nitrogens with zero attached hydrogens (tertiary/aromatic N) is 6. The van der Waals surface area contributed by atoms with Crippen LogP contribution in [0.4, 0.5) is 11.9 Å². The van der Waals surface area contributed by atoms with Crippen molar-refractivity contribution in [1.82, 2.24) is 20.3 Å². The number of rotatable bonds is 9. The molecule has 24 heavy (non-hydrogen) atoms. The molecule has 1 heterocycles. The fraction of sp³-hybridized carbons (Fsp3) is 0.667. The maximum Gasteiger partial charge on any atom is 0.229 e. The van der Waals surface area contributed by atoms with Crippen LogP contribution in [0, 0.1) is 11.3 Å². The molecule has 0 fully saturated rings. The number of nitrogen functional groups attached to an aromatic ring is 1. The van der Waals surface area contributed by atoms with Crippen LogP contribution in [0.5, 0.6) is 0 Å². The van der Waals surface area contributed by atoms with Gasteiger partial charge in [-0.3, -0.25) is 4.99 Å². The number of hydrogen-bond donors (Lipinski definition) is 2. The third-order valence-corrected chi connectivity index (χ3v) is 3.06. The Morgan fingerprint density at radius 3 is 2.75 bits per heavy atom. The zero-order valence-corrected chi connectivity index (χ0v) is 14.8. The Morgan fingerprint density at radius 1 is 1.42 bits per heavy atom. The van der Waals surface area contributed by atoms with Crippen LogP contribution in [0.15, 0.2) is 4.99 Å². The summed E-state index contributed by atoms with van der Waals surface area (Å²) in [6.45, 7) is 3.93. The lowest BCUT2D eigenvalue weighted by Gasteiger charge is -2.16. The highest BCUT2D eigenvalue weighted by Crippen LogP contribution is 2.16. The minimum atomic E-state index is -0.719. The minimum Gasteiger partial charge on any atom is -0.385 e. The molecule has 132 valence electrons. The molecule has 3 N–H and O–H groups in total. The van der Waals surface area contributed by atoms with E-state index in [1.807, 2.05) is 6.92 Å². The predicted octanol–water partition coefficient (Wildman–Crippen LogP) is 0.562. The molecule has 0 spiro atoms. The van der Waals surface area contributed by atoms with Crippen molar-refractivity contribution in [2.45, 2.75) is 25.7 Å². The Labute approximate surface area is 143 Å². The van der Waals surface area contributed by atoms with Gasteiger partial charge in [0.25, 0.3) is 0 Å². The number of hydrogen-bond acceptors (Lipinski definition) is 8. The number of nitrogens with one attached hydrogen (secondary N) is 1. The van der Waals surface area contributed by atoms with E-state index >= 15 is 0 Å². The van der Waals surface area contributed by atoms with Crippen molar-refractivity contribution in [3.8, 4) is 6.07 Å². The molecule has 9 heteroatoms. The van der Waals surface area contributed by atoms with Crippen molar-refractivity contribution >= 4 is 17.7 Å². The van der Waals surface area contributed by atoms with E-state index in [4.69, 9.17) is 10.5 Å². The van der Waals surface area contributed by atoms with Gasteiger partial charge in [-0.2, -0.15) is 20.2 Å². The average Bonchev–Trinajstić information content (AvgIpc) is 2.55. The Morgan fingerprint density at radius 2 is 2.17 bits per heavy atom. The summed E-state index contributed by atoms with van der Waals surface area (Å²) >= 11 is 0. The van der Waals surface area contributed by atoms with Crippen molar-refractivity contribution in [3.63, 3.8) is 0 Å². The summed E-state index contributed by atoms with van der Waals surface area (Å²) in [7, 11) is 5.25. The van der Waals surface area contributed by atoms with Gasteiger partial charge in [0.2, 0.25) is 11.9 Å². The smallest absolute Gasteiger partial charge is 0.229 e. The Bertz CT molecular complexity index is 581. The van der Waals surface area contributed by atoms with Crippen LogP contribution in [0.25, 0.3) is 0 Å². The number of aliphatic imine (C=N–C) groups is 1. The lowest BCUT2D eigenvalue weighted by atomic mass is 10.1. The number of nitriles is 1. The zero-order valence-electron chi connectivity index (χ0n) is 14.8. The predicted molar refractivity (Wildman–Crippen MR) is 94.0 cm³/mol. The summed E-state index contributed by atoms with van der Waals surface area (Å²) in [4.78, 5) is 18.7. The molecule has 0 aliphatic carbocycles. The van der Waals surface area contributed by atoms with Gasteiger partial charge >= 0.3 is 0 Å². The van der Waals surface area contributed by atoms with Crippen LogP contribution in [0.2, 0.25) is 0 Å². The second-order valence-electron chi connectivity index (χ2n) is 5.35. The number of methoxy groups -OCH3 is 1.